The average Bonchev–Trinajstić information content (AvgIpc) is 2.40. The Bertz CT molecular complexity index is 347. The average molecular weight is 264 g/mol. The van der Waals surface area contributed by atoms with Crippen LogP contribution >= 0.6 is 11.8 Å². The van der Waals surface area contributed by atoms with Gasteiger partial charge in [-0.3, -0.25) is 0 Å². The van der Waals surface area contributed by atoms with E-state index in [-0.39, 0.29) is 0 Å². The lowest BCUT2D eigenvalue weighted by Gasteiger charge is -2.21. The maximum absolute atomic E-state index is 9.01. The quantitative estimate of drug-likeness (QED) is 0.634. The molecule has 0 amide bonds. The molecule has 0 unspecified atom stereocenters. The van der Waals surface area contributed by atoms with Crippen molar-refractivity contribution in [3.05, 3.63) is 24.3 Å². The van der Waals surface area contributed by atoms with Crippen molar-refractivity contribution >= 4 is 24.3 Å². The van der Waals surface area contributed by atoms with Crippen LogP contribution in [0.15, 0.2) is 29.2 Å². The highest BCUT2D eigenvalue weighted by atomic mass is 32.2. The monoisotopic (exact) mass is 264 g/mol. The van der Waals surface area contributed by atoms with Crippen LogP contribution in [0.1, 0.15) is 38.5 Å². The molecule has 0 saturated heterocycles. The lowest BCUT2D eigenvalue weighted by molar-refractivity contribution is 0.351. The maximum atomic E-state index is 9.01. The first-order valence-corrected chi connectivity index (χ1v) is 7.83. The molecule has 0 spiro atoms. The number of benzene rings is 1. The Kier molecular flexibility index (Phi) is 5.60. The third kappa shape index (κ3) is 4.34. The van der Waals surface area contributed by atoms with Gasteiger partial charge in [0.15, 0.2) is 0 Å². The molecular weight excluding hydrogens is 243 g/mol. The van der Waals surface area contributed by atoms with Crippen molar-refractivity contribution in [2.75, 3.05) is 5.75 Å². The Morgan fingerprint density at radius 2 is 1.72 bits per heavy atom. The van der Waals surface area contributed by atoms with Gasteiger partial charge >= 0.3 is 7.12 Å². The molecule has 1 saturated carbocycles. The molecule has 4 heteroatoms. The molecule has 1 aromatic carbocycles. The SMILES string of the molecule is OB(O)c1ccc(SCCC2CCCCC2)cc1. The van der Waals surface area contributed by atoms with E-state index in [0.717, 1.165) is 5.92 Å². The van der Waals surface area contributed by atoms with Gasteiger partial charge in [-0.15, -0.1) is 11.8 Å². The molecule has 2 rings (SSSR count). The summed E-state index contributed by atoms with van der Waals surface area (Å²) in [5.74, 6) is 2.11. The van der Waals surface area contributed by atoms with Crippen LogP contribution in [0.3, 0.4) is 0 Å². The van der Waals surface area contributed by atoms with Crippen LogP contribution in [0, 0.1) is 5.92 Å². The van der Waals surface area contributed by atoms with Gasteiger partial charge in [-0.2, -0.15) is 0 Å². The molecule has 2 nitrogen and oxygen atoms in total. The molecule has 98 valence electrons. The van der Waals surface area contributed by atoms with Crippen molar-refractivity contribution < 1.29 is 10.0 Å². The lowest BCUT2D eigenvalue weighted by atomic mass is 9.81. The van der Waals surface area contributed by atoms with E-state index in [2.05, 4.69) is 0 Å². The molecule has 0 aliphatic heterocycles. The fourth-order valence-corrected chi connectivity index (χ4v) is 3.57. The minimum Gasteiger partial charge on any atom is -0.423 e. The summed E-state index contributed by atoms with van der Waals surface area (Å²) in [7, 11) is -1.36. The first kappa shape index (κ1) is 14.0. The number of thioether (sulfide) groups is 1. The zero-order valence-corrected chi connectivity index (χ0v) is 11.5. The highest BCUT2D eigenvalue weighted by Crippen LogP contribution is 2.29. The van der Waals surface area contributed by atoms with Crippen LogP contribution in [0.2, 0.25) is 0 Å². The zero-order chi connectivity index (χ0) is 12.8. The molecule has 18 heavy (non-hydrogen) atoms. The van der Waals surface area contributed by atoms with Crippen molar-refractivity contribution in [2.45, 2.75) is 43.4 Å². The van der Waals surface area contributed by atoms with E-state index >= 15 is 0 Å². The molecule has 1 aliphatic rings. The molecule has 0 aromatic heterocycles. The Morgan fingerprint density at radius 1 is 1.06 bits per heavy atom. The van der Waals surface area contributed by atoms with Crippen LogP contribution in [-0.2, 0) is 0 Å². The van der Waals surface area contributed by atoms with Gasteiger partial charge < -0.3 is 10.0 Å². The molecular formula is C14H21BO2S. The van der Waals surface area contributed by atoms with Crippen molar-refractivity contribution in [3.63, 3.8) is 0 Å². The summed E-state index contributed by atoms with van der Waals surface area (Å²) >= 11 is 1.87. The van der Waals surface area contributed by atoms with E-state index in [4.69, 9.17) is 10.0 Å². The minimum atomic E-state index is -1.36. The van der Waals surface area contributed by atoms with Crippen molar-refractivity contribution in [3.8, 4) is 0 Å². The Labute approximate surface area is 114 Å². The minimum absolute atomic E-state index is 0.562. The molecule has 0 radical (unpaired) electrons. The smallest absolute Gasteiger partial charge is 0.423 e. The molecule has 0 atom stereocenters. The highest BCUT2D eigenvalue weighted by molar-refractivity contribution is 7.99. The maximum Gasteiger partial charge on any atom is 0.488 e. The van der Waals surface area contributed by atoms with Crippen LogP contribution < -0.4 is 5.46 Å². The summed E-state index contributed by atoms with van der Waals surface area (Å²) in [5.41, 5.74) is 0.562. The summed E-state index contributed by atoms with van der Waals surface area (Å²) < 4.78 is 0. The van der Waals surface area contributed by atoms with Gasteiger partial charge in [0.2, 0.25) is 0 Å². The largest absolute Gasteiger partial charge is 0.488 e. The Balaban J connectivity index is 1.72. The second kappa shape index (κ2) is 7.22. The fraction of sp³-hybridized carbons (Fsp3) is 0.571. The Hall–Kier alpha value is -0.445. The Morgan fingerprint density at radius 3 is 2.33 bits per heavy atom. The summed E-state index contributed by atoms with van der Waals surface area (Å²) in [4.78, 5) is 1.22. The highest BCUT2D eigenvalue weighted by Gasteiger charge is 2.13. The topological polar surface area (TPSA) is 40.5 Å². The van der Waals surface area contributed by atoms with Gasteiger partial charge in [-0.25, -0.2) is 0 Å². The van der Waals surface area contributed by atoms with Gasteiger partial charge in [-0.1, -0.05) is 44.2 Å². The van der Waals surface area contributed by atoms with Crippen molar-refractivity contribution in [1.29, 1.82) is 0 Å². The second-order valence-corrected chi connectivity index (χ2v) is 6.25. The van der Waals surface area contributed by atoms with E-state index in [1.165, 1.54) is 49.2 Å². The molecule has 0 bridgehead atoms. The summed E-state index contributed by atoms with van der Waals surface area (Å²) in [6.45, 7) is 0. The molecule has 1 aliphatic carbocycles. The van der Waals surface area contributed by atoms with Crippen LogP contribution in [0.5, 0.6) is 0 Å². The number of rotatable bonds is 5. The number of hydrogen-bond donors (Lipinski definition) is 2. The van der Waals surface area contributed by atoms with Gasteiger partial charge in [0.25, 0.3) is 0 Å². The molecule has 0 heterocycles. The third-order valence-corrected chi connectivity index (χ3v) is 4.74. The summed E-state index contributed by atoms with van der Waals surface area (Å²) in [6, 6.07) is 7.52. The van der Waals surface area contributed by atoms with E-state index < -0.39 is 7.12 Å². The summed E-state index contributed by atoms with van der Waals surface area (Å²) in [6.07, 6.45) is 8.40. The third-order valence-electron chi connectivity index (χ3n) is 3.70. The molecule has 2 N–H and O–H groups in total. The first-order chi connectivity index (χ1) is 8.75. The second-order valence-electron chi connectivity index (χ2n) is 5.08. The standard InChI is InChI=1S/C14H21BO2S/c16-15(17)13-6-8-14(9-7-13)18-11-10-12-4-2-1-3-5-12/h6-9,12,16-17H,1-5,10-11H2. The lowest BCUT2D eigenvalue weighted by Crippen LogP contribution is -2.29. The molecule has 1 fully saturated rings. The van der Waals surface area contributed by atoms with Gasteiger partial charge in [0, 0.05) is 4.90 Å². The van der Waals surface area contributed by atoms with Crippen molar-refractivity contribution in [1.82, 2.24) is 0 Å². The predicted molar refractivity (Wildman–Crippen MR) is 78.2 cm³/mol. The number of hydrogen-bond acceptors (Lipinski definition) is 3. The van der Waals surface area contributed by atoms with E-state index in [9.17, 15) is 0 Å². The van der Waals surface area contributed by atoms with Gasteiger partial charge in [0.05, 0.1) is 0 Å². The summed E-state index contributed by atoms with van der Waals surface area (Å²) in [5, 5.41) is 18.0. The van der Waals surface area contributed by atoms with E-state index in [1.807, 2.05) is 23.9 Å². The first-order valence-electron chi connectivity index (χ1n) is 6.84. The fourth-order valence-electron chi connectivity index (χ4n) is 2.56. The van der Waals surface area contributed by atoms with E-state index in [0.29, 0.717) is 5.46 Å². The van der Waals surface area contributed by atoms with Gasteiger partial charge in [0.1, 0.15) is 0 Å². The van der Waals surface area contributed by atoms with Gasteiger partial charge in [-0.05, 0) is 35.7 Å². The van der Waals surface area contributed by atoms with Crippen LogP contribution in [0.4, 0.5) is 0 Å². The predicted octanol–water partition coefficient (Wildman–Crippen LogP) is 2.43. The normalized spacial score (nSPS) is 16.8. The van der Waals surface area contributed by atoms with Crippen LogP contribution in [0.25, 0.3) is 0 Å². The zero-order valence-electron chi connectivity index (χ0n) is 10.7. The van der Waals surface area contributed by atoms with E-state index in [1.54, 1.807) is 12.1 Å². The molecule has 1 aromatic rings. The van der Waals surface area contributed by atoms with Crippen molar-refractivity contribution in [2.24, 2.45) is 5.92 Å². The van der Waals surface area contributed by atoms with Crippen LogP contribution in [-0.4, -0.2) is 22.9 Å².